The number of unbranched alkanes of at least 4 members (excludes halogenated alkanes) is 1. The van der Waals surface area contributed by atoms with Gasteiger partial charge in [0.25, 0.3) is 0 Å². The maximum absolute atomic E-state index is 11.9. The van der Waals surface area contributed by atoms with Crippen LogP contribution in [0.1, 0.15) is 97.8 Å². The number of amides is 1. The van der Waals surface area contributed by atoms with Crippen LogP contribution < -0.4 is 5.32 Å². The van der Waals surface area contributed by atoms with Gasteiger partial charge in [0.2, 0.25) is 5.91 Å². The highest BCUT2D eigenvalue weighted by atomic mass is 16.1. The van der Waals surface area contributed by atoms with E-state index in [-0.39, 0.29) is 5.91 Å². The lowest BCUT2D eigenvalue weighted by molar-refractivity contribution is -0.121. The summed E-state index contributed by atoms with van der Waals surface area (Å²) >= 11 is 0. The third-order valence-electron chi connectivity index (χ3n) is 5.27. The summed E-state index contributed by atoms with van der Waals surface area (Å²) in [4.78, 5) is 11.9. The van der Waals surface area contributed by atoms with Crippen molar-refractivity contribution in [2.75, 3.05) is 6.54 Å². The molecule has 0 radical (unpaired) electrons. The van der Waals surface area contributed by atoms with Crippen LogP contribution in [0.5, 0.6) is 0 Å². The van der Waals surface area contributed by atoms with E-state index in [1.807, 2.05) is 0 Å². The van der Waals surface area contributed by atoms with E-state index in [2.05, 4.69) is 99.0 Å². The van der Waals surface area contributed by atoms with Crippen molar-refractivity contribution in [3.05, 3.63) is 72.9 Å². The van der Waals surface area contributed by atoms with Crippen LogP contribution >= 0.6 is 0 Å². The highest BCUT2D eigenvalue weighted by Gasteiger charge is 2.07. The first-order chi connectivity index (χ1) is 15.7. The van der Waals surface area contributed by atoms with Gasteiger partial charge >= 0.3 is 0 Å². The van der Waals surface area contributed by atoms with Crippen molar-refractivity contribution in [2.45, 2.75) is 97.8 Å². The van der Waals surface area contributed by atoms with Gasteiger partial charge in [-0.05, 0) is 57.3 Å². The molecule has 1 N–H and O–H groups in total. The topological polar surface area (TPSA) is 29.1 Å². The van der Waals surface area contributed by atoms with Gasteiger partial charge in [-0.2, -0.15) is 0 Å². The van der Waals surface area contributed by atoms with Crippen LogP contribution in [0, 0.1) is 5.92 Å². The number of carbonyl (C=O) groups is 1. The Balaban J connectivity index is 3.66. The van der Waals surface area contributed by atoms with Gasteiger partial charge in [-0.1, -0.05) is 113 Å². The first-order valence-corrected chi connectivity index (χ1v) is 12.9. The number of rotatable bonds is 20. The fourth-order valence-corrected chi connectivity index (χ4v) is 3.14. The van der Waals surface area contributed by atoms with E-state index in [1.54, 1.807) is 0 Å². The number of hydrogen-bond acceptors (Lipinski definition) is 1. The van der Waals surface area contributed by atoms with E-state index in [1.165, 1.54) is 19.3 Å². The molecule has 2 heteroatoms. The van der Waals surface area contributed by atoms with Gasteiger partial charge in [-0.15, -0.1) is 0 Å². The predicted molar refractivity (Wildman–Crippen MR) is 144 cm³/mol. The molecule has 0 aliphatic carbocycles. The summed E-state index contributed by atoms with van der Waals surface area (Å²) in [5, 5.41) is 3.10. The molecule has 0 aliphatic rings. The molecule has 0 aromatic carbocycles. The van der Waals surface area contributed by atoms with Crippen LogP contribution in [0.2, 0.25) is 0 Å². The van der Waals surface area contributed by atoms with E-state index in [0.29, 0.717) is 12.3 Å². The fraction of sp³-hybridized carbons (Fsp3) is 0.567. The third-order valence-corrected chi connectivity index (χ3v) is 5.27. The van der Waals surface area contributed by atoms with Crippen LogP contribution in [0.3, 0.4) is 0 Å². The molecule has 0 aromatic heterocycles. The molecule has 2 nitrogen and oxygen atoms in total. The number of carbonyl (C=O) groups excluding carboxylic acids is 1. The minimum atomic E-state index is 0.180. The lowest BCUT2D eigenvalue weighted by Gasteiger charge is -2.15. The van der Waals surface area contributed by atoms with Crippen LogP contribution in [0.4, 0.5) is 0 Å². The molecule has 0 aromatic rings. The molecular weight excluding hydrogens is 390 g/mol. The molecule has 1 amide bonds. The summed E-state index contributed by atoms with van der Waals surface area (Å²) in [5.74, 6) is 0.809. The van der Waals surface area contributed by atoms with Crippen molar-refractivity contribution in [3.63, 3.8) is 0 Å². The second-order valence-electron chi connectivity index (χ2n) is 8.17. The standard InChI is InChI=1S/C30H49NO/c1-4-7-9-10-11-12-13-14-15-16-17-18-19-20-21-22-23-24-25-27-30(32)31-28-29(6-3)26-8-5-2/h7,9,11-12,14-15,17-18,20-21,23-24,29H,4-6,8,10,13,16,19,22,25-28H2,1-3H3,(H,31,32)/b9-7-,12-11-,15-14-,18-17-,21-20-,24-23-. The van der Waals surface area contributed by atoms with Gasteiger partial charge in [-0.25, -0.2) is 0 Å². The van der Waals surface area contributed by atoms with Gasteiger partial charge in [0.15, 0.2) is 0 Å². The molecular formula is C30H49NO. The molecule has 0 bridgehead atoms. The molecule has 0 heterocycles. The largest absolute Gasteiger partial charge is 0.356 e. The molecule has 1 atom stereocenters. The Labute approximate surface area is 199 Å². The SMILES string of the molecule is CC/C=C\C/C=C\C/C=C\C/C=C\C/C=C\C/C=C\CCC(=O)NCC(CC)CCCC. The molecule has 0 fully saturated rings. The van der Waals surface area contributed by atoms with Crippen molar-refractivity contribution in [3.8, 4) is 0 Å². The van der Waals surface area contributed by atoms with Gasteiger partial charge in [0.05, 0.1) is 0 Å². The molecule has 0 rings (SSSR count). The van der Waals surface area contributed by atoms with E-state index in [0.717, 1.165) is 57.9 Å². The Hall–Kier alpha value is -2.09. The zero-order valence-electron chi connectivity index (χ0n) is 21.1. The van der Waals surface area contributed by atoms with Gasteiger partial charge in [-0.3, -0.25) is 4.79 Å². The Kier molecular flexibility index (Phi) is 23.5. The first kappa shape index (κ1) is 29.9. The van der Waals surface area contributed by atoms with Crippen molar-refractivity contribution in [2.24, 2.45) is 5.92 Å². The van der Waals surface area contributed by atoms with E-state index in [9.17, 15) is 4.79 Å². The smallest absolute Gasteiger partial charge is 0.220 e. The third kappa shape index (κ3) is 22.6. The van der Waals surface area contributed by atoms with Crippen molar-refractivity contribution in [1.82, 2.24) is 5.32 Å². The summed E-state index contributed by atoms with van der Waals surface area (Å²) in [6, 6.07) is 0. The lowest BCUT2D eigenvalue weighted by atomic mass is 9.99. The Morgan fingerprint density at radius 2 is 1.16 bits per heavy atom. The lowest BCUT2D eigenvalue weighted by Crippen LogP contribution is -2.28. The molecule has 0 saturated carbocycles. The van der Waals surface area contributed by atoms with E-state index in [4.69, 9.17) is 0 Å². The number of hydrogen-bond donors (Lipinski definition) is 1. The Morgan fingerprint density at radius 1 is 0.688 bits per heavy atom. The highest BCUT2D eigenvalue weighted by molar-refractivity contribution is 5.75. The summed E-state index contributed by atoms with van der Waals surface area (Å²) in [7, 11) is 0. The molecule has 0 spiro atoms. The van der Waals surface area contributed by atoms with Crippen molar-refractivity contribution < 1.29 is 4.79 Å². The van der Waals surface area contributed by atoms with Crippen LogP contribution in [0.25, 0.3) is 0 Å². The van der Waals surface area contributed by atoms with E-state index >= 15 is 0 Å². The average molecular weight is 440 g/mol. The van der Waals surface area contributed by atoms with Gasteiger partial charge < -0.3 is 5.32 Å². The molecule has 0 saturated heterocycles. The quantitative estimate of drug-likeness (QED) is 0.189. The molecule has 32 heavy (non-hydrogen) atoms. The Morgan fingerprint density at radius 3 is 1.59 bits per heavy atom. The van der Waals surface area contributed by atoms with Crippen molar-refractivity contribution in [1.29, 1.82) is 0 Å². The van der Waals surface area contributed by atoms with Crippen LogP contribution in [0.15, 0.2) is 72.9 Å². The Bertz CT molecular complexity index is 592. The normalized spacial score (nSPS) is 13.7. The maximum atomic E-state index is 11.9. The monoisotopic (exact) mass is 439 g/mol. The molecule has 1 unspecified atom stereocenters. The summed E-state index contributed by atoms with van der Waals surface area (Å²) in [5.41, 5.74) is 0. The highest BCUT2D eigenvalue weighted by Crippen LogP contribution is 2.11. The number of allylic oxidation sites excluding steroid dienone is 12. The second kappa shape index (κ2) is 25.2. The van der Waals surface area contributed by atoms with Gasteiger partial charge in [0, 0.05) is 13.0 Å². The minimum Gasteiger partial charge on any atom is -0.356 e. The summed E-state index contributed by atoms with van der Waals surface area (Å²) in [6.45, 7) is 7.42. The predicted octanol–water partition coefficient (Wildman–Crippen LogP) is 8.80. The van der Waals surface area contributed by atoms with Crippen LogP contribution in [-0.2, 0) is 4.79 Å². The second-order valence-corrected chi connectivity index (χ2v) is 8.17. The average Bonchev–Trinajstić information content (AvgIpc) is 2.80. The van der Waals surface area contributed by atoms with Crippen molar-refractivity contribution >= 4 is 5.91 Å². The zero-order valence-corrected chi connectivity index (χ0v) is 21.1. The minimum absolute atomic E-state index is 0.180. The van der Waals surface area contributed by atoms with E-state index < -0.39 is 0 Å². The molecule has 0 aliphatic heterocycles. The summed E-state index contributed by atoms with van der Waals surface area (Å²) in [6.07, 6.45) is 38.7. The number of nitrogens with one attached hydrogen (secondary N) is 1. The maximum Gasteiger partial charge on any atom is 0.220 e. The fourth-order valence-electron chi connectivity index (χ4n) is 3.14. The van der Waals surface area contributed by atoms with Gasteiger partial charge in [0.1, 0.15) is 0 Å². The first-order valence-electron chi connectivity index (χ1n) is 12.9. The molecule has 180 valence electrons. The zero-order chi connectivity index (χ0) is 23.5. The summed E-state index contributed by atoms with van der Waals surface area (Å²) < 4.78 is 0. The van der Waals surface area contributed by atoms with Crippen LogP contribution in [-0.4, -0.2) is 12.5 Å².